The quantitative estimate of drug-likeness (QED) is 0.747. The molecule has 0 aliphatic carbocycles. The first-order valence-electron chi connectivity index (χ1n) is 4.69. The second-order valence-electron chi connectivity index (χ2n) is 3.21. The molecule has 1 nitrogen and oxygen atoms in total. The zero-order chi connectivity index (χ0) is 11.4. The molecule has 1 aromatic heterocycles. The number of hydrogen-bond acceptors (Lipinski definition) is 2. The maximum Gasteiger partial charge on any atom is 0.146 e. The largest absolute Gasteiger partial charge is 0.487 e. The molecule has 0 amide bonds. The number of halogens is 1. The minimum absolute atomic E-state index is 0.503. The highest BCUT2D eigenvalue weighted by Crippen LogP contribution is 2.23. The summed E-state index contributed by atoms with van der Waals surface area (Å²) in [6.07, 6.45) is 5.34. The van der Waals surface area contributed by atoms with E-state index in [2.05, 4.69) is 5.92 Å². The van der Waals surface area contributed by atoms with Crippen LogP contribution in [0.15, 0.2) is 35.0 Å². The Hall–Kier alpha value is -1.43. The smallest absolute Gasteiger partial charge is 0.146 e. The van der Waals surface area contributed by atoms with Gasteiger partial charge in [0.05, 0.1) is 5.56 Å². The SMILES string of the molecule is C#Cc1cscc1OCc1ccc(Cl)cc1. The topological polar surface area (TPSA) is 9.23 Å². The molecule has 0 fully saturated rings. The molecule has 0 saturated carbocycles. The van der Waals surface area contributed by atoms with E-state index in [1.54, 1.807) is 0 Å². The van der Waals surface area contributed by atoms with Crippen LogP contribution in [0.3, 0.4) is 0 Å². The minimum atomic E-state index is 0.503. The van der Waals surface area contributed by atoms with Gasteiger partial charge in [-0.1, -0.05) is 29.7 Å². The van der Waals surface area contributed by atoms with Crippen molar-refractivity contribution in [2.24, 2.45) is 0 Å². The van der Waals surface area contributed by atoms with Crippen molar-refractivity contribution in [2.45, 2.75) is 6.61 Å². The van der Waals surface area contributed by atoms with Gasteiger partial charge in [0.1, 0.15) is 12.4 Å². The lowest BCUT2D eigenvalue weighted by atomic mass is 10.2. The van der Waals surface area contributed by atoms with Crippen molar-refractivity contribution >= 4 is 22.9 Å². The van der Waals surface area contributed by atoms with E-state index in [1.807, 2.05) is 35.0 Å². The summed E-state index contributed by atoms with van der Waals surface area (Å²) in [6.45, 7) is 0.503. The summed E-state index contributed by atoms with van der Waals surface area (Å²) in [6, 6.07) is 7.56. The van der Waals surface area contributed by atoms with Gasteiger partial charge in [-0.2, -0.15) is 0 Å². The predicted octanol–water partition coefficient (Wildman–Crippen LogP) is 3.96. The average molecular weight is 249 g/mol. The van der Waals surface area contributed by atoms with Gasteiger partial charge in [-0.3, -0.25) is 0 Å². The number of terminal acetylenes is 1. The summed E-state index contributed by atoms with van der Waals surface area (Å²) in [4.78, 5) is 0. The molecule has 0 spiro atoms. The maximum absolute atomic E-state index is 5.79. The zero-order valence-electron chi connectivity index (χ0n) is 8.44. The van der Waals surface area contributed by atoms with Crippen LogP contribution in [0.2, 0.25) is 5.02 Å². The first-order chi connectivity index (χ1) is 7.79. The van der Waals surface area contributed by atoms with Crippen molar-refractivity contribution in [1.82, 2.24) is 0 Å². The van der Waals surface area contributed by atoms with Crippen molar-refractivity contribution in [3.63, 3.8) is 0 Å². The van der Waals surface area contributed by atoms with Crippen molar-refractivity contribution < 1.29 is 4.74 Å². The van der Waals surface area contributed by atoms with Crippen LogP contribution < -0.4 is 4.74 Å². The molecule has 2 aromatic rings. The lowest BCUT2D eigenvalue weighted by Crippen LogP contribution is -1.95. The number of benzene rings is 1. The van der Waals surface area contributed by atoms with Crippen molar-refractivity contribution in [1.29, 1.82) is 0 Å². The van der Waals surface area contributed by atoms with Gasteiger partial charge in [-0.05, 0) is 17.7 Å². The average Bonchev–Trinajstić information content (AvgIpc) is 2.76. The number of ether oxygens (including phenoxy) is 1. The predicted molar refractivity (Wildman–Crippen MR) is 68.0 cm³/mol. The van der Waals surface area contributed by atoms with E-state index in [-0.39, 0.29) is 0 Å². The molecule has 0 saturated heterocycles. The van der Waals surface area contributed by atoms with Gasteiger partial charge in [0.25, 0.3) is 0 Å². The highest BCUT2D eigenvalue weighted by atomic mass is 35.5. The standard InChI is InChI=1S/C13H9ClOS/c1-2-11-8-16-9-13(11)15-7-10-3-5-12(14)6-4-10/h1,3-6,8-9H,7H2. The molecule has 0 aliphatic heterocycles. The molecule has 1 aromatic carbocycles. The Morgan fingerprint density at radius 1 is 1.25 bits per heavy atom. The summed E-state index contributed by atoms with van der Waals surface area (Å²) in [7, 11) is 0. The van der Waals surface area contributed by atoms with Crippen molar-refractivity contribution in [2.75, 3.05) is 0 Å². The lowest BCUT2D eigenvalue weighted by Gasteiger charge is -2.04. The van der Waals surface area contributed by atoms with Crippen LogP contribution in [0.4, 0.5) is 0 Å². The van der Waals surface area contributed by atoms with E-state index in [4.69, 9.17) is 22.8 Å². The number of thiophene rings is 1. The van der Waals surface area contributed by atoms with Gasteiger partial charge in [-0.25, -0.2) is 0 Å². The summed E-state index contributed by atoms with van der Waals surface area (Å²) in [5.41, 5.74) is 1.87. The van der Waals surface area contributed by atoms with E-state index >= 15 is 0 Å². The Morgan fingerprint density at radius 2 is 2.00 bits per heavy atom. The maximum atomic E-state index is 5.79. The molecule has 16 heavy (non-hydrogen) atoms. The van der Waals surface area contributed by atoms with E-state index in [9.17, 15) is 0 Å². The molecule has 2 rings (SSSR count). The normalized spacial score (nSPS) is 9.75. The van der Waals surface area contributed by atoms with Crippen LogP contribution in [-0.2, 0) is 6.61 Å². The van der Waals surface area contributed by atoms with E-state index < -0.39 is 0 Å². The highest BCUT2D eigenvalue weighted by molar-refractivity contribution is 7.08. The highest BCUT2D eigenvalue weighted by Gasteiger charge is 2.02. The molecular formula is C13H9ClOS. The summed E-state index contributed by atoms with van der Waals surface area (Å²) in [5.74, 6) is 3.35. The Balaban J connectivity index is 2.03. The Kier molecular flexibility index (Phi) is 3.51. The molecule has 1 heterocycles. The van der Waals surface area contributed by atoms with Gasteiger partial charge >= 0.3 is 0 Å². The third-order valence-corrected chi connectivity index (χ3v) is 3.06. The first-order valence-corrected chi connectivity index (χ1v) is 6.01. The number of hydrogen-bond donors (Lipinski definition) is 0. The fourth-order valence-electron chi connectivity index (χ4n) is 1.24. The first kappa shape index (κ1) is 11.1. The van der Waals surface area contributed by atoms with Crippen LogP contribution in [-0.4, -0.2) is 0 Å². The molecule has 80 valence electrons. The molecule has 0 N–H and O–H groups in total. The summed E-state index contributed by atoms with van der Waals surface area (Å²) < 4.78 is 5.62. The molecule has 0 unspecified atom stereocenters. The Labute approximate surface area is 104 Å². The molecule has 0 bridgehead atoms. The van der Waals surface area contributed by atoms with Crippen LogP contribution in [0.25, 0.3) is 0 Å². The fourth-order valence-corrected chi connectivity index (χ4v) is 2.08. The second kappa shape index (κ2) is 5.07. The van der Waals surface area contributed by atoms with Crippen molar-refractivity contribution in [3.05, 3.63) is 51.2 Å². The van der Waals surface area contributed by atoms with E-state index in [0.29, 0.717) is 6.61 Å². The molecule has 0 aliphatic rings. The van der Waals surface area contributed by atoms with Gasteiger partial charge in [0.15, 0.2) is 0 Å². The van der Waals surface area contributed by atoms with Gasteiger partial charge in [0.2, 0.25) is 0 Å². The zero-order valence-corrected chi connectivity index (χ0v) is 10.0. The van der Waals surface area contributed by atoms with Crippen LogP contribution >= 0.6 is 22.9 Å². The van der Waals surface area contributed by atoms with E-state index in [1.165, 1.54) is 11.3 Å². The Bertz CT molecular complexity index is 507. The Morgan fingerprint density at radius 3 is 2.69 bits per heavy atom. The van der Waals surface area contributed by atoms with Crippen LogP contribution in [0.1, 0.15) is 11.1 Å². The van der Waals surface area contributed by atoms with Gasteiger partial charge in [0, 0.05) is 15.8 Å². The summed E-state index contributed by atoms with van der Waals surface area (Å²) in [5, 5.41) is 4.53. The van der Waals surface area contributed by atoms with Gasteiger partial charge in [-0.15, -0.1) is 17.8 Å². The van der Waals surface area contributed by atoms with Crippen molar-refractivity contribution in [3.8, 4) is 18.1 Å². The monoisotopic (exact) mass is 248 g/mol. The minimum Gasteiger partial charge on any atom is -0.487 e. The molecule has 3 heteroatoms. The second-order valence-corrected chi connectivity index (χ2v) is 4.39. The van der Waals surface area contributed by atoms with E-state index in [0.717, 1.165) is 21.9 Å². The third-order valence-electron chi connectivity index (χ3n) is 2.09. The fraction of sp³-hybridized carbons (Fsp3) is 0.0769. The van der Waals surface area contributed by atoms with Gasteiger partial charge < -0.3 is 4.74 Å². The molecule has 0 atom stereocenters. The molecular weight excluding hydrogens is 240 g/mol. The summed E-state index contributed by atoms with van der Waals surface area (Å²) >= 11 is 7.33. The number of rotatable bonds is 3. The van der Waals surface area contributed by atoms with Crippen LogP contribution in [0.5, 0.6) is 5.75 Å². The lowest BCUT2D eigenvalue weighted by molar-refractivity contribution is 0.307. The molecule has 0 radical (unpaired) electrons. The van der Waals surface area contributed by atoms with Crippen LogP contribution in [0, 0.1) is 12.3 Å². The third kappa shape index (κ3) is 2.57.